The Bertz CT molecular complexity index is 872. The van der Waals surface area contributed by atoms with Crippen molar-refractivity contribution in [3.8, 4) is 0 Å². The molecule has 0 saturated carbocycles. The third kappa shape index (κ3) is 4.48. The molecule has 1 aromatic carbocycles. The van der Waals surface area contributed by atoms with Gasteiger partial charge in [-0.15, -0.1) is 0 Å². The summed E-state index contributed by atoms with van der Waals surface area (Å²) in [4.78, 5) is 12.4. The van der Waals surface area contributed by atoms with Gasteiger partial charge in [0.25, 0.3) is 5.91 Å². The average Bonchev–Trinajstić information content (AvgIpc) is 3.27. The molecule has 1 atom stereocenters. The molecule has 1 aliphatic rings. The molecule has 1 fully saturated rings. The van der Waals surface area contributed by atoms with Crippen LogP contribution in [0.25, 0.3) is 0 Å². The van der Waals surface area contributed by atoms with Gasteiger partial charge in [-0.3, -0.25) is 9.48 Å². The molecule has 0 bridgehead atoms. The number of carbonyl (C=O) groups excluding carboxylic acids is 1. The maximum absolute atomic E-state index is 12.5. The molecule has 1 amide bonds. The maximum Gasteiger partial charge on any atom is 0.251 e. The zero-order valence-electron chi connectivity index (χ0n) is 14.5. The van der Waals surface area contributed by atoms with Gasteiger partial charge in [0.2, 0.25) is 10.0 Å². The van der Waals surface area contributed by atoms with Gasteiger partial charge in [0, 0.05) is 44.1 Å². The van der Waals surface area contributed by atoms with Crippen molar-refractivity contribution in [2.24, 2.45) is 7.05 Å². The summed E-state index contributed by atoms with van der Waals surface area (Å²) in [5.41, 5.74) is 1.24. The highest BCUT2D eigenvalue weighted by molar-refractivity contribution is 7.89. The minimum Gasteiger partial charge on any atom is -0.379 e. The van der Waals surface area contributed by atoms with Crippen LogP contribution in [-0.4, -0.2) is 49.9 Å². The summed E-state index contributed by atoms with van der Waals surface area (Å²) < 4.78 is 34.4. The molecule has 0 aliphatic carbocycles. The van der Waals surface area contributed by atoms with Crippen molar-refractivity contribution in [2.45, 2.75) is 23.8 Å². The second-order valence-corrected chi connectivity index (χ2v) is 7.92. The Balaban J connectivity index is 1.63. The number of aryl methyl sites for hydroxylation is 1. The third-order valence-electron chi connectivity index (χ3n) is 4.27. The van der Waals surface area contributed by atoms with E-state index < -0.39 is 10.0 Å². The molecule has 3 rings (SSSR count). The number of benzene rings is 1. The molecular formula is C17H22N4O4S. The molecule has 1 aliphatic heterocycles. The van der Waals surface area contributed by atoms with Crippen molar-refractivity contribution in [3.63, 3.8) is 0 Å². The fraction of sp³-hybridized carbons (Fsp3) is 0.412. The topological polar surface area (TPSA) is 102 Å². The number of nitrogens with zero attached hydrogens (tertiary/aromatic N) is 2. The lowest BCUT2D eigenvalue weighted by Crippen LogP contribution is -2.35. The van der Waals surface area contributed by atoms with Crippen LogP contribution in [0.4, 0.5) is 0 Å². The number of sulfonamides is 1. The van der Waals surface area contributed by atoms with E-state index in [0.717, 1.165) is 12.1 Å². The first-order chi connectivity index (χ1) is 12.5. The van der Waals surface area contributed by atoms with Gasteiger partial charge >= 0.3 is 0 Å². The number of amides is 1. The summed E-state index contributed by atoms with van der Waals surface area (Å²) in [6.07, 6.45) is 2.96. The van der Waals surface area contributed by atoms with Crippen LogP contribution in [0.3, 0.4) is 0 Å². The molecule has 8 nitrogen and oxygen atoms in total. The normalized spacial score (nSPS) is 17.3. The lowest BCUT2D eigenvalue weighted by Gasteiger charge is -2.12. The molecule has 2 heterocycles. The summed E-state index contributed by atoms with van der Waals surface area (Å²) in [5.74, 6) is -0.299. The molecule has 0 radical (unpaired) electrons. The molecule has 0 unspecified atom stereocenters. The highest BCUT2D eigenvalue weighted by Crippen LogP contribution is 2.13. The summed E-state index contributed by atoms with van der Waals surface area (Å²) in [5, 5.41) is 6.90. The number of carbonyl (C=O) groups is 1. The Labute approximate surface area is 152 Å². The Morgan fingerprint density at radius 1 is 1.38 bits per heavy atom. The van der Waals surface area contributed by atoms with Gasteiger partial charge in [-0.25, -0.2) is 13.1 Å². The highest BCUT2D eigenvalue weighted by atomic mass is 32.2. The van der Waals surface area contributed by atoms with Crippen molar-refractivity contribution in [2.75, 3.05) is 19.8 Å². The van der Waals surface area contributed by atoms with Crippen LogP contribution >= 0.6 is 0 Å². The van der Waals surface area contributed by atoms with E-state index in [9.17, 15) is 13.2 Å². The Morgan fingerprint density at radius 2 is 2.23 bits per heavy atom. The summed E-state index contributed by atoms with van der Waals surface area (Å²) in [7, 11) is -1.89. The van der Waals surface area contributed by atoms with Crippen LogP contribution in [0, 0.1) is 0 Å². The monoisotopic (exact) mass is 378 g/mol. The number of hydrogen-bond acceptors (Lipinski definition) is 5. The predicted octanol–water partition coefficient (Wildman–Crippen LogP) is 0.460. The Morgan fingerprint density at radius 3 is 2.92 bits per heavy atom. The second kappa shape index (κ2) is 7.98. The minimum atomic E-state index is -3.69. The first-order valence-electron chi connectivity index (χ1n) is 8.41. The molecule has 2 N–H and O–H groups in total. The van der Waals surface area contributed by atoms with E-state index >= 15 is 0 Å². The molecule has 1 aromatic heterocycles. The van der Waals surface area contributed by atoms with E-state index in [-0.39, 0.29) is 23.4 Å². The van der Waals surface area contributed by atoms with E-state index in [1.807, 2.05) is 6.07 Å². The summed E-state index contributed by atoms with van der Waals surface area (Å²) >= 11 is 0. The zero-order chi connectivity index (χ0) is 18.6. The Kier molecular flexibility index (Phi) is 5.70. The van der Waals surface area contributed by atoms with Crippen molar-refractivity contribution in [1.29, 1.82) is 0 Å². The molecule has 2 aromatic rings. The average molecular weight is 378 g/mol. The first kappa shape index (κ1) is 18.6. The second-order valence-electron chi connectivity index (χ2n) is 6.16. The van der Waals surface area contributed by atoms with Crippen LogP contribution in [0.2, 0.25) is 0 Å². The van der Waals surface area contributed by atoms with Gasteiger partial charge in [0.05, 0.1) is 17.5 Å². The zero-order valence-corrected chi connectivity index (χ0v) is 15.3. The van der Waals surface area contributed by atoms with E-state index in [4.69, 9.17) is 4.74 Å². The molecule has 9 heteroatoms. The quantitative estimate of drug-likeness (QED) is 0.729. The fourth-order valence-electron chi connectivity index (χ4n) is 2.76. The van der Waals surface area contributed by atoms with E-state index in [2.05, 4.69) is 15.1 Å². The predicted molar refractivity (Wildman–Crippen MR) is 95.2 cm³/mol. The van der Waals surface area contributed by atoms with Crippen molar-refractivity contribution >= 4 is 15.9 Å². The van der Waals surface area contributed by atoms with Gasteiger partial charge in [0.1, 0.15) is 0 Å². The van der Waals surface area contributed by atoms with Crippen LogP contribution in [0.5, 0.6) is 0 Å². The van der Waals surface area contributed by atoms with Crippen LogP contribution in [0.1, 0.15) is 22.5 Å². The van der Waals surface area contributed by atoms with Crippen LogP contribution in [-0.2, 0) is 28.2 Å². The largest absolute Gasteiger partial charge is 0.379 e. The highest BCUT2D eigenvalue weighted by Gasteiger charge is 2.20. The number of aromatic nitrogens is 2. The van der Waals surface area contributed by atoms with Gasteiger partial charge < -0.3 is 10.1 Å². The van der Waals surface area contributed by atoms with Gasteiger partial charge in [-0.2, -0.15) is 5.10 Å². The van der Waals surface area contributed by atoms with Crippen LogP contribution in [0.15, 0.2) is 41.4 Å². The number of hydrogen-bond donors (Lipinski definition) is 2. The molecule has 140 valence electrons. The SMILES string of the molecule is Cn1nccc1CCNS(=O)(=O)c1cccc(C(=O)N[C@@H]2CCOC2)c1. The Hall–Kier alpha value is -2.23. The third-order valence-corrected chi connectivity index (χ3v) is 5.73. The molecule has 0 spiro atoms. The van der Waals surface area contributed by atoms with E-state index in [0.29, 0.717) is 25.2 Å². The number of rotatable bonds is 7. The number of ether oxygens (including phenoxy) is 1. The molecular weight excluding hydrogens is 356 g/mol. The van der Waals surface area contributed by atoms with Crippen molar-refractivity contribution in [1.82, 2.24) is 19.8 Å². The molecule has 1 saturated heterocycles. The summed E-state index contributed by atoms with van der Waals surface area (Å²) in [6.45, 7) is 1.36. The standard InChI is InChI=1S/C17H22N4O4S/c1-21-15(5-8-18-21)6-9-19-26(23,24)16-4-2-3-13(11-16)17(22)20-14-7-10-25-12-14/h2-5,8,11,14,19H,6-7,9-10,12H2,1H3,(H,20,22)/t14-/m1/s1. The maximum atomic E-state index is 12.5. The van der Waals surface area contributed by atoms with Gasteiger partial charge in [0.15, 0.2) is 0 Å². The van der Waals surface area contributed by atoms with Gasteiger partial charge in [-0.1, -0.05) is 6.07 Å². The smallest absolute Gasteiger partial charge is 0.251 e. The fourth-order valence-corrected chi connectivity index (χ4v) is 3.84. The lowest BCUT2D eigenvalue weighted by molar-refractivity contribution is 0.0929. The van der Waals surface area contributed by atoms with E-state index in [1.54, 1.807) is 30.1 Å². The minimum absolute atomic E-state index is 0.0280. The summed E-state index contributed by atoms with van der Waals surface area (Å²) in [6, 6.07) is 7.83. The van der Waals surface area contributed by atoms with E-state index in [1.165, 1.54) is 12.1 Å². The molecule has 26 heavy (non-hydrogen) atoms. The van der Waals surface area contributed by atoms with Crippen molar-refractivity contribution in [3.05, 3.63) is 47.8 Å². The van der Waals surface area contributed by atoms with Gasteiger partial charge in [-0.05, 0) is 30.7 Å². The van der Waals surface area contributed by atoms with Crippen molar-refractivity contribution < 1.29 is 17.9 Å². The number of nitrogens with one attached hydrogen (secondary N) is 2. The first-order valence-corrected chi connectivity index (χ1v) is 9.89. The van der Waals surface area contributed by atoms with Crippen LogP contribution < -0.4 is 10.0 Å². The lowest BCUT2D eigenvalue weighted by atomic mass is 10.2.